The van der Waals surface area contributed by atoms with Crippen LogP contribution in [0.15, 0.2) is 0 Å². The number of hydrogen-bond donors (Lipinski definition) is 1. The van der Waals surface area contributed by atoms with E-state index in [-0.39, 0.29) is 17.6 Å². The molecule has 3 heteroatoms. The fraction of sp³-hybridized carbons (Fsp3) is 0.938. The van der Waals surface area contributed by atoms with Crippen molar-refractivity contribution in [2.75, 3.05) is 6.54 Å². The van der Waals surface area contributed by atoms with Crippen molar-refractivity contribution in [3.63, 3.8) is 0 Å². The molecule has 0 radical (unpaired) electrons. The van der Waals surface area contributed by atoms with Crippen LogP contribution < -0.4 is 0 Å². The molecule has 2 aliphatic rings. The maximum atomic E-state index is 12.3. The van der Waals surface area contributed by atoms with E-state index >= 15 is 0 Å². The van der Waals surface area contributed by atoms with E-state index in [1.54, 1.807) is 0 Å². The van der Waals surface area contributed by atoms with Crippen LogP contribution in [-0.2, 0) is 4.79 Å². The van der Waals surface area contributed by atoms with Crippen LogP contribution in [0.3, 0.4) is 0 Å². The summed E-state index contributed by atoms with van der Waals surface area (Å²) in [5.74, 6) is 1.09. The summed E-state index contributed by atoms with van der Waals surface area (Å²) >= 11 is 0. The van der Waals surface area contributed by atoms with E-state index in [0.29, 0.717) is 6.42 Å². The van der Waals surface area contributed by atoms with Crippen LogP contribution >= 0.6 is 0 Å². The quantitative estimate of drug-likeness (QED) is 0.850. The van der Waals surface area contributed by atoms with Crippen molar-refractivity contribution < 1.29 is 9.90 Å². The highest BCUT2D eigenvalue weighted by atomic mass is 16.3. The van der Waals surface area contributed by atoms with Gasteiger partial charge in [-0.05, 0) is 39.0 Å². The number of rotatable bonds is 4. The topological polar surface area (TPSA) is 40.5 Å². The molecule has 3 nitrogen and oxygen atoms in total. The minimum absolute atomic E-state index is 0.234. The Morgan fingerprint density at radius 1 is 1.21 bits per heavy atom. The van der Waals surface area contributed by atoms with Gasteiger partial charge < -0.3 is 10.0 Å². The lowest BCUT2D eigenvalue weighted by molar-refractivity contribution is -0.136. The van der Waals surface area contributed by atoms with Gasteiger partial charge >= 0.3 is 0 Å². The van der Waals surface area contributed by atoms with Gasteiger partial charge in [0.25, 0.3) is 0 Å². The van der Waals surface area contributed by atoms with Crippen LogP contribution in [0.1, 0.15) is 71.6 Å². The molecule has 2 rings (SSSR count). The van der Waals surface area contributed by atoms with Crippen LogP contribution in [0.4, 0.5) is 0 Å². The Kier molecular flexibility index (Phi) is 4.88. The Bertz CT molecular complexity index is 308. The van der Waals surface area contributed by atoms with Gasteiger partial charge in [-0.25, -0.2) is 0 Å². The third-order valence-corrected chi connectivity index (χ3v) is 5.17. The minimum atomic E-state index is -0.373. The van der Waals surface area contributed by atoms with Gasteiger partial charge in [0.2, 0.25) is 5.91 Å². The zero-order valence-corrected chi connectivity index (χ0v) is 12.5. The van der Waals surface area contributed by atoms with Crippen molar-refractivity contribution in [3.05, 3.63) is 0 Å². The molecular formula is C16H29NO2. The molecule has 1 aliphatic carbocycles. The number of nitrogens with zero attached hydrogens (tertiary/aromatic N) is 1. The van der Waals surface area contributed by atoms with E-state index in [4.69, 9.17) is 0 Å². The van der Waals surface area contributed by atoms with Crippen molar-refractivity contribution in [2.24, 2.45) is 5.92 Å². The lowest BCUT2D eigenvalue weighted by atomic mass is 9.86. The smallest absolute Gasteiger partial charge is 0.223 e. The third kappa shape index (κ3) is 3.50. The maximum Gasteiger partial charge on any atom is 0.223 e. The van der Waals surface area contributed by atoms with Crippen LogP contribution in [0.25, 0.3) is 0 Å². The first-order chi connectivity index (χ1) is 9.01. The number of aliphatic hydroxyl groups is 1. The molecule has 1 saturated heterocycles. The summed E-state index contributed by atoms with van der Waals surface area (Å²) in [4.78, 5) is 14.2. The van der Waals surface area contributed by atoms with Crippen molar-refractivity contribution in [1.29, 1.82) is 0 Å². The van der Waals surface area contributed by atoms with Gasteiger partial charge in [0.05, 0.1) is 11.6 Å². The van der Waals surface area contributed by atoms with Gasteiger partial charge in [0.1, 0.15) is 0 Å². The van der Waals surface area contributed by atoms with Crippen molar-refractivity contribution in [1.82, 2.24) is 4.90 Å². The second-order valence-corrected chi connectivity index (χ2v) is 6.90. The van der Waals surface area contributed by atoms with E-state index in [1.807, 2.05) is 18.7 Å². The first kappa shape index (κ1) is 14.8. The zero-order valence-electron chi connectivity index (χ0n) is 12.5. The van der Waals surface area contributed by atoms with Gasteiger partial charge in [-0.15, -0.1) is 0 Å². The largest absolute Gasteiger partial charge is 0.391 e. The second-order valence-electron chi connectivity index (χ2n) is 6.90. The van der Waals surface area contributed by atoms with Gasteiger partial charge in [-0.1, -0.05) is 32.1 Å². The Labute approximate surface area is 117 Å². The predicted molar refractivity (Wildman–Crippen MR) is 76.8 cm³/mol. The Morgan fingerprint density at radius 2 is 1.89 bits per heavy atom. The third-order valence-electron chi connectivity index (χ3n) is 5.17. The molecule has 110 valence electrons. The van der Waals surface area contributed by atoms with Crippen molar-refractivity contribution in [2.45, 2.75) is 83.3 Å². The number of likely N-dealkylation sites (tertiary alicyclic amines) is 1. The molecule has 1 N–H and O–H groups in total. The summed E-state index contributed by atoms with van der Waals surface area (Å²) in [6.07, 6.45) is 10.1. The maximum absolute atomic E-state index is 12.3. The highest BCUT2D eigenvalue weighted by Gasteiger charge is 2.42. The van der Waals surface area contributed by atoms with Gasteiger partial charge in [-0.3, -0.25) is 4.79 Å². The molecule has 2 fully saturated rings. The Hall–Kier alpha value is -0.570. The average molecular weight is 267 g/mol. The zero-order chi connectivity index (χ0) is 13.9. The molecule has 0 aromatic carbocycles. The summed E-state index contributed by atoms with van der Waals surface area (Å²) in [7, 11) is 0. The van der Waals surface area contributed by atoms with Gasteiger partial charge in [0.15, 0.2) is 0 Å². The van der Waals surface area contributed by atoms with E-state index in [9.17, 15) is 9.90 Å². The first-order valence-electron chi connectivity index (χ1n) is 8.00. The number of carbonyl (C=O) groups is 1. The molecule has 1 atom stereocenters. The average Bonchev–Trinajstić information content (AvgIpc) is 2.65. The molecule has 0 aromatic heterocycles. The van der Waals surface area contributed by atoms with Gasteiger partial charge in [-0.2, -0.15) is 0 Å². The second kappa shape index (κ2) is 6.25. The predicted octanol–water partition coefficient (Wildman–Crippen LogP) is 3.11. The van der Waals surface area contributed by atoms with Crippen molar-refractivity contribution in [3.8, 4) is 0 Å². The normalized spacial score (nSPS) is 27.7. The summed E-state index contributed by atoms with van der Waals surface area (Å²) in [5.41, 5.74) is -0.373. The Morgan fingerprint density at radius 3 is 2.47 bits per heavy atom. The van der Waals surface area contributed by atoms with E-state index in [2.05, 4.69) is 0 Å². The number of aliphatic hydroxyl groups excluding tert-OH is 1. The fourth-order valence-electron chi connectivity index (χ4n) is 3.67. The number of amides is 1. The lowest BCUT2D eigenvalue weighted by Gasteiger charge is -2.34. The molecule has 1 aliphatic heterocycles. The first-order valence-corrected chi connectivity index (χ1v) is 8.00. The van der Waals surface area contributed by atoms with Crippen LogP contribution in [0.5, 0.6) is 0 Å². The van der Waals surface area contributed by atoms with Crippen LogP contribution in [0.2, 0.25) is 0 Å². The molecular weight excluding hydrogens is 238 g/mol. The summed E-state index contributed by atoms with van der Waals surface area (Å²) in [5, 5.41) is 9.91. The number of carbonyl (C=O) groups excluding carboxylic acids is 1. The van der Waals surface area contributed by atoms with Gasteiger partial charge in [0, 0.05) is 13.0 Å². The van der Waals surface area contributed by atoms with E-state index < -0.39 is 0 Å². The van der Waals surface area contributed by atoms with Crippen LogP contribution in [0, 0.1) is 5.92 Å². The highest BCUT2D eigenvalue weighted by molar-refractivity contribution is 5.77. The summed E-state index contributed by atoms with van der Waals surface area (Å²) in [6.45, 7) is 4.67. The molecule has 1 unspecified atom stereocenters. The molecule has 1 amide bonds. The van der Waals surface area contributed by atoms with Crippen molar-refractivity contribution >= 4 is 5.91 Å². The molecule has 0 aromatic rings. The monoisotopic (exact) mass is 267 g/mol. The molecule has 0 bridgehead atoms. The fourth-order valence-corrected chi connectivity index (χ4v) is 3.67. The standard InChI is InChI=1S/C16H29NO2/c1-16(2)14(18)11-12-17(16)15(19)10-6-9-13-7-4-3-5-8-13/h13-14,18H,3-12H2,1-2H3. The summed E-state index contributed by atoms with van der Waals surface area (Å²) in [6, 6.07) is 0. The summed E-state index contributed by atoms with van der Waals surface area (Å²) < 4.78 is 0. The highest BCUT2D eigenvalue weighted by Crippen LogP contribution is 2.31. The molecule has 1 heterocycles. The van der Waals surface area contributed by atoms with Crippen LogP contribution in [-0.4, -0.2) is 34.1 Å². The molecule has 1 saturated carbocycles. The van der Waals surface area contributed by atoms with E-state index in [0.717, 1.165) is 25.3 Å². The number of hydrogen-bond acceptors (Lipinski definition) is 2. The Balaban J connectivity index is 1.72. The van der Waals surface area contributed by atoms with E-state index in [1.165, 1.54) is 38.5 Å². The lowest BCUT2D eigenvalue weighted by Crippen LogP contribution is -2.48. The molecule has 19 heavy (non-hydrogen) atoms. The molecule has 0 spiro atoms. The SMILES string of the molecule is CC1(C)C(O)CCN1C(=O)CCCC1CCCCC1. The minimum Gasteiger partial charge on any atom is -0.391 e.